The molecular formula is C26H27N7S. The molecule has 5 aromatic rings. The van der Waals surface area contributed by atoms with Crippen molar-refractivity contribution in [2.75, 3.05) is 0 Å². The number of aryl methyl sites for hydroxylation is 3. The third-order valence-corrected chi connectivity index (χ3v) is 6.61. The minimum absolute atomic E-state index is 0.595. The number of unbranched alkanes of at least 4 members (excludes halogenated alkanes) is 1. The predicted octanol–water partition coefficient (Wildman–Crippen LogP) is 5.36. The van der Waals surface area contributed by atoms with Gasteiger partial charge in [0.1, 0.15) is 5.82 Å². The van der Waals surface area contributed by atoms with Crippen LogP contribution in [0.25, 0.3) is 22.5 Å². The second-order valence-corrected chi connectivity index (χ2v) is 9.10. The van der Waals surface area contributed by atoms with Crippen molar-refractivity contribution < 1.29 is 0 Å². The molecule has 0 aliphatic rings. The van der Waals surface area contributed by atoms with Gasteiger partial charge in [-0.15, -0.1) is 10.2 Å². The lowest BCUT2D eigenvalue weighted by atomic mass is 9.98. The molecule has 0 atom stereocenters. The van der Waals surface area contributed by atoms with E-state index in [2.05, 4.69) is 79.4 Å². The van der Waals surface area contributed by atoms with Crippen molar-refractivity contribution in [1.29, 1.82) is 0 Å². The van der Waals surface area contributed by atoms with Crippen LogP contribution in [0.1, 0.15) is 42.5 Å². The zero-order chi connectivity index (χ0) is 23.2. The maximum atomic E-state index is 4.88. The van der Waals surface area contributed by atoms with E-state index in [9.17, 15) is 0 Å². The lowest BCUT2D eigenvalue weighted by Crippen LogP contribution is -2.07. The highest BCUT2D eigenvalue weighted by atomic mass is 32.1. The van der Waals surface area contributed by atoms with Crippen molar-refractivity contribution in [3.05, 3.63) is 88.1 Å². The highest BCUT2D eigenvalue weighted by molar-refractivity contribution is 7.07. The first-order valence-electron chi connectivity index (χ1n) is 11.7. The molecule has 3 aromatic heterocycles. The standard InChI is InChI=1S/C26H27N7S/c1-2-3-8-25-27-24(14-11-20-15-16-34-18-20)30-33(25)17-19-9-12-21(13-10-19)22-6-4-5-7-23(22)26-28-31-32-29-26/h4-7,9-10,12-13,15-16,18H,2-3,8,11,14,17H2,1H3,(H,28,29,31,32). The number of H-pyrrole nitrogens is 1. The van der Waals surface area contributed by atoms with E-state index in [1.54, 1.807) is 11.3 Å². The number of tetrazole rings is 1. The molecule has 2 aromatic carbocycles. The average molecular weight is 470 g/mol. The van der Waals surface area contributed by atoms with Gasteiger partial charge in [0, 0.05) is 18.4 Å². The molecule has 0 bridgehead atoms. The van der Waals surface area contributed by atoms with Crippen LogP contribution in [-0.4, -0.2) is 35.4 Å². The summed E-state index contributed by atoms with van der Waals surface area (Å²) in [4.78, 5) is 4.88. The van der Waals surface area contributed by atoms with Crippen LogP contribution in [0.4, 0.5) is 0 Å². The first kappa shape index (κ1) is 22.2. The number of nitrogens with zero attached hydrogens (tertiary/aromatic N) is 6. The predicted molar refractivity (Wildman–Crippen MR) is 135 cm³/mol. The number of hydrogen-bond acceptors (Lipinski definition) is 6. The average Bonchev–Trinajstić information content (AvgIpc) is 3.65. The van der Waals surface area contributed by atoms with Gasteiger partial charge in [-0.25, -0.2) is 9.67 Å². The van der Waals surface area contributed by atoms with Gasteiger partial charge in [0.2, 0.25) is 5.82 Å². The second kappa shape index (κ2) is 10.5. The summed E-state index contributed by atoms with van der Waals surface area (Å²) in [5, 5.41) is 23.7. The number of nitrogens with one attached hydrogen (secondary N) is 1. The zero-order valence-corrected chi connectivity index (χ0v) is 20.0. The van der Waals surface area contributed by atoms with E-state index in [0.29, 0.717) is 5.82 Å². The Morgan fingerprint density at radius 3 is 2.50 bits per heavy atom. The molecule has 0 aliphatic carbocycles. The zero-order valence-electron chi connectivity index (χ0n) is 19.2. The van der Waals surface area contributed by atoms with Gasteiger partial charge in [0.15, 0.2) is 5.82 Å². The molecular weight excluding hydrogens is 442 g/mol. The topological polar surface area (TPSA) is 85.2 Å². The molecule has 34 heavy (non-hydrogen) atoms. The number of benzene rings is 2. The first-order valence-corrected chi connectivity index (χ1v) is 12.6. The monoisotopic (exact) mass is 469 g/mol. The molecule has 0 fully saturated rings. The van der Waals surface area contributed by atoms with Crippen molar-refractivity contribution in [2.24, 2.45) is 0 Å². The first-order chi connectivity index (χ1) is 16.8. The Labute approximate surface area is 202 Å². The third-order valence-electron chi connectivity index (χ3n) is 5.87. The molecule has 0 saturated carbocycles. The van der Waals surface area contributed by atoms with Crippen LogP contribution < -0.4 is 0 Å². The van der Waals surface area contributed by atoms with Crippen LogP contribution in [0.3, 0.4) is 0 Å². The third kappa shape index (κ3) is 5.12. The van der Waals surface area contributed by atoms with E-state index in [0.717, 1.165) is 67.0 Å². The van der Waals surface area contributed by atoms with Gasteiger partial charge in [-0.3, -0.25) is 0 Å². The summed E-state index contributed by atoms with van der Waals surface area (Å²) in [7, 11) is 0. The molecule has 0 saturated heterocycles. The molecule has 0 spiro atoms. The lowest BCUT2D eigenvalue weighted by molar-refractivity contribution is 0.613. The van der Waals surface area contributed by atoms with Crippen LogP contribution in [0, 0.1) is 0 Å². The summed E-state index contributed by atoms with van der Waals surface area (Å²) < 4.78 is 2.08. The van der Waals surface area contributed by atoms with Gasteiger partial charge in [-0.2, -0.15) is 21.6 Å². The van der Waals surface area contributed by atoms with E-state index in [4.69, 9.17) is 10.1 Å². The van der Waals surface area contributed by atoms with E-state index >= 15 is 0 Å². The van der Waals surface area contributed by atoms with Gasteiger partial charge in [-0.05, 0) is 57.1 Å². The van der Waals surface area contributed by atoms with Crippen molar-refractivity contribution in [3.8, 4) is 22.5 Å². The van der Waals surface area contributed by atoms with E-state index < -0.39 is 0 Å². The van der Waals surface area contributed by atoms with Crippen LogP contribution in [0.2, 0.25) is 0 Å². The smallest absolute Gasteiger partial charge is 0.205 e. The molecule has 0 amide bonds. The number of aromatic nitrogens is 7. The maximum absolute atomic E-state index is 4.88. The minimum Gasteiger partial charge on any atom is -0.245 e. The van der Waals surface area contributed by atoms with Gasteiger partial charge in [-0.1, -0.05) is 61.9 Å². The maximum Gasteiger partial charge on any atom is 0.205 e. The Balaban J connectivity index is 1.34. The van der Waals surface area contributed by atoms with Crippen LogP contribution in [0.15, 0.2) is 65.4 Å². The van der Waals surface area contributed by atoms with Crippen molar-refractivity contribution in [2.45, 2.75) is 45.6 Å². The molecule has 0 unspecified atom stereocenters. The molecule has 1 N–H and O–H groups in total. The van der Waals surface area contributed by atoms with Crippen LogP contribution >= 0.6 is 11.3 Å². The highest BCUT2D eigenvalue weighted by Gasteiger charge is 2.13. The van der Waals surface area contributed by atoms with Crippen molar-refractivity contribution in [3.63, 3.8) is 0 Å². The highest BCUT2D eigenvalue weighted by Crippen LogP contribution is 2.29. The number of hydrogen-bond donors (Lipinski definition) is 1. The van der Waals surface area contributed by atoms with Gasteiger partial charge in [0.25, 0.3) is 0 Å². The lowest BCUT2D eigenvalue weighted by Gasteiger charge is -2.09. The molecule has 5 rings (SSSR count). The molecule has 0 aliphatic heterocycles. The molecule has 8 heteroatoms. The Morgan fingerprint density at radius 2 is 1.76 bits per heavy atom. The summed E-state index contributed by atoms with van der Waals surface area (Å²) in [6, 6.07) is 18.9. The normalized spacial score (nSPS) is 11.2. The molecule has 3 heterocycles. The fourth-order valence-corrected chi connectivity index (χ4v) is 4.74. The fourth-order valence-electron chi connectivity index (χ4n) is 4.04. The Bertz CT molecular complexity index is 1310. The van der Waals surface area contributed by atoms with E-state index in [-0.39, 0.29) is 0 Å². The summed E-state index contributed by atoms with van der Waals surface area (Å²) >= 11 is 1.74. The number of thiophene rings is 1. The Kier molecular flexibility index (Phi) is 6.86. The molecule has 172 valence electrons. The summed E-state index contributed by atoms with van der Waals surface area (Å²) in [6.45, 7) is 2.93. The number of aromatic amines is 1. The molecule has 7 nitrogen and oxygen atoms in total. The largest absolute Gasteiger partial charge is 0.245 e. The SMILES string of the molecule is CCCCc1nc(CCc2ccsc2)nn1Cc1ccc(-c2ccccc2-c2nn[nH]n2)cc1. The Morgan fingerprint density at radius 1 is 0.912 bits per heavy atom. The van der Waals surface area contributed by atoms with Crippen molar-refractivity contribution in [1.82, 2.24) is 35.4 Å². The number of rotatable bonds is 10. The Hall–Kier alpha value is -3.65. The molecule has 0 radical (unpaired) electrons. The fraction of sp³-hybridized carbons (Fsp3) is 0.269. The quantitative estimate of drug-likeness (QED) is 0.297. The summed E-state index contributed by atoms with van der Waals surface area (Å²) in [5.74, 6) is 2.61. The van der Waals surface area contributed by atoms with E-state index in [1.807, 2.05) is 18.2 Å². The minimum atomic E-state index is 0.595. The van der Waals surface area contributed by atoms with Crippen LogP contribution in [-0.2, 0) is 25.8 Å². The van der Waals surface area contributed by atoms with Crippen molar-refractivity contribution >= 4 is 11.3 Å². The second-order valence-electron chi connectivity index (χ2n) is 8.31. The van der Waals surface area contributed by atoms with Gasteiger partial charge < -0.3 is 0 Å². The van der Waals surface area contributed by atoms with Crippen LogP contribution in [0.5, 0.6) is 0 Å². The van der Waals surface area contributed by atoms with Gasteiger partial charge >= 0.3 is 0 Å². The van der Waals surface area contributed by atoms with E-state index in [1.165, 1.54) is 11.1 Å². The summed E-state index contributed by atoms with van der Waals surface area (Å²) in [6.07, 6.45) is 5.07. The summed E-state index contributed by atoms with van der Waals surface area (Å²) in [5.41, 5.74) is 5.71. The van der Waals surface area contributed by atoms with Gasteiger partial charge in [0.05, 0.1) is 6.54 Å².